The first-order valence-electron chi connectivity index (χ1n) is 6.06. The minimum absolute atomic E-state index is 0.124. The lowest BCUT2D eigenvalue weighted by Gasteiger charge is -2.13. The van der Waals surface area contributed by atoms with Gasteiger partial charge in [0, 0.05) is 18.8 Å². The molecule has 0 saturated heterocycles. The molecular weight excluding hydrogens is 233 g/mol. The molecular formula is C13H20FN3O. The van der Waals surface area contributed by atoms with Crippen LogP contribution in [0.3, 0.4) is 0 Å². The van der Waals surface area contributed by atoms with Crippen molar-refractivity contribution >= 4 is 11.6 Å². The topological polar surface area (TPSA) is 44.4 Å². The number of amides is 1. The van der Waals surface area contributed by atoms with Crippen molar-refractivity contribution in [2.45, 2.75) is 6.92 Å². The Morgan fingerprint density at radius 3 is 2.61 bits per heavy atom. The number of anilines is 1. The van der Waals surface area contributed by atoms with Crippen LogP contribution in [0, 0.1) is 5.82 Å². The van der Waals surface area contributed by atoms with Crippen LogP contribution in [0.1, 0.15) is 6.92 Å². The third-order valence-electron chi connectivity index (χ3n) is 2.62. The predicted molar refractivity (Wildman–Crippen MR) is 71.1 cm³/mol. The van der Waals surface area contributed by atoms with Crippen LogP contribution in [0.2, 0.25) is 0 Å². The van der Waals surface area contributed by atoms with E-state index in [-0.39, 0.29) is 18.3 Å². The Labute approximate surface area is 107 Å². The maximum absolute atomic E-state index is 12.7. The van der Waals surface area contributed by atoms with Crippen molar-refractivity contribution in [2.24, 2.45) is 0 Å². The highest BCUT2D eigenvalue weighted by molar-refractivity contribution is 5.92. The van der Waals surface area contributed by atoms with E-state index in [0.717, 1.165) is 19.6 Å². The molecule has 1 aromatic carbocycles. The fraction of sp³-hybridized carbons (Fsp3) is 0.462. The molecule has 0 unspecified atom stereocenters. The summed E-state index contributed by atoms with van der Waals surface area (Å²) in [6, 6.07) is 5.72. The monoisotopic (exact) mass is 253 g/mol. The van der Waals surface area contributed by atoms with Gasteiger partial charge in [-0.1, -0.05) is 6.92 Å². The number of hydrogen-bond acceptors (Lipinski definition) is 3. The zero-order valence-corrected chi connectivity index (χ0v) is 10.9. The number of halogens is 1. The lowest BCUT2D eigenvalue weighted by Crippen LogP contribution is -2.34. The summed E-state index contributed by atoms with van der Waals surface area (Å²) in [4.78, 5) is 13.7. The fourth-order valence-corrected chi connectivity index (χ4v) is 1.37. The largest absolute Gasteiger partial charge is 0.325 e. The maximum atomic E-state index is 12.7. The molecule has 0 aliphatic carbocycles. The normalized spacial score (nSPS) is 10.7. The van der Waals surface area contributed by atoms with Gasteiger partial charge in [0.2, 0.25) is 5.91 Å². The van der Waals surface area contributed by atoms with Gasteiger partial charge in [-0.2, -0.15) is 0 Å². The minimum Gasteiger partial charge on any atom is -0.325 e. The first-order valence-corrected chi connectivity index (χ1v) is 6.06. The SMILES string of the molecule is CCN(C)CCNCC(=O)Nc1ccc(F)cc1. The molecule has 5 heteroatoms. The maximum Gasteiger partial charge on any atom is 0.238 e. The fourth-order valence-electron chi connectivity index (χ4n) is 1.37. The van der Waals surface area contributed by atoms with Gasteiger partial charge in [0.15, 0.2) is 0 Å². The molecule has 1 rings (SSSR count). The molecule has 0 aliphatic rings. The van der Waals surface area contributed by atoms with Crippen LogP contribution in [0.15, 0.2) is 24.3 Å². The molecule has 0 heterocycles. The average molecular weight is 253 g/mol. The van der Waals surface area contributed by atoms with Crippen molar-refractivity contribution in [3.05, 3.63) is 30.1 Å². The molecule has 0 aromatic heterocycles. The molecule has 0 bridgehead atoms. The summed E-state index contributed by atoms with van der Waals surface area (Å²) >= 11 is 0. The molecule has 0 atom stereocenters. The van der Waals surface area contributed by atoms with Crippen molar-refractivity contribution in [1.29, 1.82) is 0 Å². The highest BCUT2D eigenvalue weighted by atomic mass is 19.1. The van der Waals surface area contributed by atoms with E-state index in [2.05, 4.69) is 22.5 Å². The van der Waals surface area contributed by atoms with Gasteiger partial charge >= 0.3 is 0 Å². The third kappa shape index (κ3) is 5.75. The number of hydrogen-bond donors (Lipinski definition) is 2. The Balaban J connectivity index is 2.19. The van der Waals surface area contributed by atoms with E-state index >= 15 is 0 Å². The summed E-state index contributed by atoms with van der Waals surface area (Å²) in [6.45, 7) is 5.00. The van der Waals surface area contributed by atoms with Gasteiger partial charge in [-0.25, -0.2) is 4.39 Å². The molecule has 0 fully saturated rings. The number of carbonyl (C=O) groups is 1. The molecule has 100 valence electrons. The Kier molecular flexibility index (Phi) is 6.32. The number of carbonyl (C=O) groups excluding carboxylic acids is 1. The van der Waals surface area contributed by atoms with E-state index in [1.54, 1.807) is 0 Å². The Morgan fingerprint density at radius 2 is 2.00 bits per heavy atom. The van der Waals surface area contributed by atoms with Crippen LogP contribution in [0.5, 0.6) is 0 Å². The van der Waals surface area contributed by atoms with Crippen molar-refractivity contribution in [3.63, 3.8) is 0 Å². The van der Waals surface area contributed by atoms with Crippen molar-refractivity contribution < 1.29 is 9.18 Å². The highest BCUT2D eigenvalue weighted by Gasteiger charge is 2.02. The van der Waals surface area contributed by atoms with Gasteiger partial charge in [0.05, 0.1) is 6.54 Å². The summed E-state index contributed by atoms with van der Waals surface area (Å²) < 4.78 is 12.7. The number of nitrogens with zero attached hydrogens (tertiary/aromatic N) is 1. The van der Waals surface area contributed by atoms with E-state index in [1.807, 2.05) is 7.05 Å². The summed E-state index contributed by atoms with van der Waals surface area (Å²) in [7, 11) is 2.03. The van der Waals surface area contributed by atoms with E-state index in [4.69, 9.17) is 0 Å². The summed E-state index contributed by atoms with van der Waals surface area (Å²) in [5, 5.41) is 5.74. The summed E-state index contributed by atoms with van der Waals surface area (Å²) in [5.74, 6) is -0.436. The quantitative estimate of drug-likeness (QED) is 0.720. The standard InChI is InChI=1S/C13H20FN3O/c1-3-17(2)9-8-15-10-13(18)16-12-6-4-11(14)5-7-12/h4-7,15H,3,8-10H2,1-2H3,(H,16,18). The van der Waals surface area contributed by atoms with Gasteiger partial charge in [-0.3, -0.25) is 4.79 Å². The second-order valence-electron chi connectivity index (χ2n) is 4.13. The second kappa shape index (κ2) is 7.79. The minimum atomic E-state index is -0.311. The average Bonchev–Trinajstić information content (AvgIpc) is 2.37. The number of benzene rings is 1. The van der Waals surface area contributed by atoms with Crippen LogP contribution in [-0.4, -0.2) is 44.0 Å². The predicted octanol–water partition coefficient (Wildman–Crippen LogP) is 1.31. The number of rotatable bonds is 7. The molecule has 0 saturated carbocycles. The third-order valence-corrected chi connectivity index (χ3v) is 2.62. The van der Waals surface area contributed by atoms with Gasteiger partial charge < -0.3 is 15.5 Å². The summed E-state index contributed by atoms with van der Waals surface area (Å²) in [6.07, 6.45) is 0. The zero-order chi connectivity index (χ0) is 13.4. The second-order valence-corrected chi connectivity index (χ2v) is 4.13. The van der Waals surface area contributed by atoms with Crippen molar-refractivity contribution in [3.8, 4) is 0 Å². The summed E-state index contributed by atoms with van der Waals surface area (Å²) in [5.41, 5.74) is 0.605. The van der Waals surface area contributed by atoms with E-state index in [9.17, 15) is 9.18 Å². The van der Waals surface area contributed by atoms with Crippen LogP contribution in [0.25, 0.3) is 0 Å². The van der Waals surface area contributed by atoms with Gasteiger partial charge in [0.25, 0.3) is 0 Å². The smallest absolute Gasteiger partial charge is 0.238 e. The molecule has 0 spiro atoms. The van der Waals surface area contributed by atoms with Crippen LogP contribution >= 0.6 is 0 Å². The van der Waals surface area contributed by atoms with Crippen molar-refractivity contribution in [2.75, 3.05) is 38.5 Å². The Bertz CT molecular complexity index is 367. The zero-order valence-electron chi connectivity index (χ0n) is 10.9. The molecule has 4 nitrogen and oxygen atoms in total. The van der Waals surface area contributed by atoms with Gasteiger partial charge in [0.1, 0.15) is 5.82 Å². The van der Waals surface area contributed by atoms with E-state index in [0.29, 0.717) is 5.69 Å². The first kappa shape index (κ1) is 14.6. The number of nitrogens with one attached hydrogen (secondary N) is 2. The van der Waals surface area contributed by atoms with Crippen LogP contribution < -0.4 is 10.6 Å². The molecule has 0 radical (unpaired) electrons. The van der Waals surface area contributed by atoms with Crippen LogP contribution in [-0.2, 0) is 4.79 Å². The van der Waals surface area contributed by atoms with Gasteiger partial charge in [-0.15, -0.1) is 0 Å². The lowest BCUT2D eigenvalue weighted by atomic mass is 10.3. The molecule has 2 N–H and O–H groups in total. The molecule has 18 heavy (non-hydrogen) atoms. The Morgan fingerprint density at radius 1 is 1.33 bits per heavy atom. The Hall–Kier alpha value is -1.46. The van der Waals surface area contributed by atoms with E-state index < -0.39 is 0 Å². The lowest BCUT2D eigenvalue weighted by molar-refractivity contribution is -0.115. The molecule has 1 aromatic rings. The molecule has 1 amide bonds. The highest BCUT2D eigenvalue weighted by Crippen LogP contribution is 2.07. The first-order chi connectivity index (χ1) is 8.61. The molecule has 0 aliphatic heterocycles. The van der Waals surface area contributed by atoms with Gasteiger partial charge in [-0.05, 0) is 37.9 Å². The number of likely N-dealkylation sites (N-methyl/N-ethyl adjacent to an activating group) is 1. The van der Waals surface area contributed by atoms with Crippen molar-refractivity contribution in [1.82, 2.24) is 10.2 Å². The van der Waals surface area contributed by atoms with E-state index in [1.165, 1.54) is 24.3 Å². The van der Waals surface area contributed by atoms with Crippen LogP contribution in [0.4, 0.5) is 10.1 Å².